The lowest BCUT2D eigenvalue weighted by Crippen LogP contribution is -2.35. The molecule has 1 aromatic rings. The maximum Gasteiger partial charge on any atom is 0.219 e. The van der Waals surface area contributed by atoms with E-state index in [0.29, 0.717) is 25.6 Å². The predicted octanol–water partition coefficient (Wildman–Crippen LogP) is 1.50. The molecule has 0 aromatic heterocycles. The van der Waals surface area contributed by atoms with Crippen LogP contribution in [-0.4, -0.2) is 54.6 Å². The second-order valence-corrected chi connectivity index (χ2v) is 5.92. The fourth-order valence-electron chi connectivity index (χ4n) is 3.26. The van der Waals surface area contributed by atoms with Gasteiger partial charge in [-0.25, -0.2) is 4.39 Å². The number of halogens is 1. The van der Waals surface area contributed by atoms with Crippen molar-refractivity contribution in [2.45, 2.75) is 19.6 Å². The van der Waals surface area contributed by atoms with Gasteiger partial charge in [-0.15, -0.1) is 0 Å². The number of hydrogen-bond donors (Lipinski definition) is 0. The Balaban J connectivity index is 1.65. The van der Waals surface area contributed by atoms with Crippen LogP contribution in [0.1, 0.15) is 12.5 Å². The summed E-state index contributed by atoms with van der Waals surface area (Å²) in [5, 5.41) is 0. The maximum absolute atomic E-state index is 13.7. The van der Waals surface area contributed by atoms with Gasteiger partial charge in [0.1, 0.15) is 5.82 Å². The molecule has 3 rings (SSSR count). The molecule has 4 nitrogen and oxygen atoms in total. The molecule has 2 fully saturated rings. The highest BCUT2D eigenvalue weighted by Gasteiger charge is 2.37. The van der Waals surface area contributed by atoms with Crippen molar-refractivity contribution in [3.8, 4) is 0 Å². The summed E-state index contributed by atoms with van der Waals surface area (Å²) < 4.78 is 19.6. The average Bonchev–Trinajstić information content (AvgIpc) is 2.71. The third kappa shape index (κ3) is 3.24. The Hall–Kier alpha value is -1.46. The van der Waals surface area contributed by atoms with Gasteiger partial charge in [-0.3, -0.25) is 9.69 Å². The van der Waals surface area contributed by atoms with Crippen molar-refractivity contribution in [3.05, 3.63) is 35.6 Å². The van der Waals surface area contributed by atoms with E-state index < -0.39 is 0 Å². The van der Waals surface area contributed by atoms with Gasteiger partial charge in [0.25, 0.3) is 0 Å². The van der Waals surface area contributed by atoms with E-state index in [0.717, 1.165) is 25.2 Å². The van der Waals surface area contributed by atoms with Crippen LogP contribution in [0.3, 0.4) is 0 Å². The van der Waals surface area contributed by atoms with E-state index >= 15 is 0 Å². The first-order chi connectivity index (χ1) is 10.1. The van der Waals surface area contributed by atoms with Gasteiger partial charge in [0.15, 0.2) is 0 Å². The van der Waals surface area contributed by atoms with Gasteiger partial charge < -0.3 is 9.64 Å². The Morgan fingerprint density at radius 3 is 2.90 bits per heavy atom. The first-order valence-electron chi connectivity index (χ1n) is 7.46. The summed E-state index contributed by atoms with van der Waals surface area (Å²) in [6.45, 7) is 5.88. The van der Waals surface area contributed by atoms with Crippen LogP contribution in [0, 0.1) is 11.7 Å². The van der Waals surface area contributed by atoms with E-state index in [9.17, 15) is 9.18 Å². The van der Waals surface area contributed by atoms with Gasteiger partial charge in [0.05, 0.1) is 12.7 Å². The molecule has 2 aliphatic heterocycles. The quantitative estimate of drug-likeness (QED) is 0.828. The summed E-state index contributed by atoms with van der Waals surface area (Å²) in [5.74, 6) is 0.269. The highest BCUT2D eigenvalue weighted by Crippen LogP contribution is 2.25. The molecule has 21 heavy (non-hydrogen) atoms. The van der Waals surface area contributed by atoms with E-state index in [1.54, 1.807) is 13.0 Å². The van der Waals surface area contributed by atoms with E-state index in [4.69, 9.17) is 4.74 Å². The van der Waals surface area contributed by atoms with Crippen molar-refractivity contribution in [2.75, 3.05) is 32.8 Å². The summed E-state index contributed by atoms with van der Waals surface area (Å²) in [6.07, 6.45) is 0.154. The molecular formula is C16H21FN2O2. The van der Waals surface area contributed by atoms with Gasteiger partial charge in [0.2, 0.25) is 5.91 Å². The molecule has 0 N–H and O–H groups in total. The standard InChI is InChI=1S/C16H21FN2O2/c1-12(20)19-6-7-21-16-11-18(9-14(16)10-19)8-13-4-2-3-5-15(13)17/h2-5,14,16H,6-11H2,1H3/t14-,16-/m1/s1. The molecule has 1 amide bonds. The fraction of sp³-hybridized carbons (Fsp3) is 0.562. The molecule has 2 heterocycles. The number of benzene rings is 1. The minimum Gasteiger partial charge on any atom is -0.375 e. The van der Waals surface area contributed by atoms with Crippen molar-refractivity contribution < 1.29 is 13.9 Å². The van der Waals surface area contributed by atoms with Gasteiger partial charge in [0, 0.05) is 51.1 Å². The topological polar surface area (TPSA) is 32.8 Å². The van der Waals surface area contributed by atoms with E-state index in [2.05, 4.69) is 4.90 Å². The monoisotopic (exact) mass is 292 g/mol. The van der Waals surface area contributed by atoms with Crippen LogP contribution in [0.2, 0.25) is 0 Å². The Kier molecular flexibility index (Phi) is 4.22. The van der Waals surface area contributed by atoms with Crippen LogP contribution in [0.5, 0.6) is 0 Å². The molecule has 2 saturated heterocycles. The third-order valence-corrected chi connectivity index (χ3v) is 4.40. The van der Waals surface area contributed by atoms with Crippen LogP contribution >= 0.6 is 0 Å². The molecule has 114 valence electrons. The SMILES string of the molecule is CC(=O)N1CCO[C@@H]2CN(Cc3ccccc3F)C[C@@H]2C1. The molecule has 0 radical (unpaired) electrons. The number of hydrogen-bond acceptors (Lipinski definition) is 3. The molecular weight excluding hydrogens is 271 g/mol. The van der Waals surface area contributed by atoms with Gasteiger partial charge >= 0.3 is 0 Å². The Morgan fingerprint density at radius 2 is 2.14 bits per heavy atom. The van der Waals surface area contributed by atoms with Crippen molar-refractivity contribution >= 4 is 5.91 Å². The number of likely N-dealkylation sites (tertiary alicyclic amines) is 1. The van der Waals surface area contributed by atoms with Crippen molar-refractivity contribution in [1.29, 1.82) is 0 Å². The molecule has 5 heteroatoms. The molecule has 2 aliphatic rings. The smallest absolute Gasteiger partial charge is 0.219 e. The number of nitrogens with zero attached hydrogens (tertiary/aromatic N) is 2. The molecule has 0 spiro atoms. The minimum absolute atomic E-state index is 0.104. The Morgan fingerprint density at radius 1 is 1.33 bits per heavy atom. The van der Waals surface area contributed by atoms with E-state index in [1.165, 1.54) is 6.07 Å². The fourth-order valence-corrected chi connectivity index (χ4v) is 3.26. The first-order valence-corrected chi connectivity index (χ1v) is 7.46. The van der Waals surface area contributed by atoms with Gasteiger partial charge in [-0.05, 0) is 6.07 Å². The van der Waals surface area contributed by atoms with Crippen molar-refractivity contribution in [3.63, 3.8) is 0 Å². The van der Waals surface area contributed by atoms with Crippen LogP contribution < -0.4 is 0 Å². The highest BCUT2D eigenvalue weighted by molar-refractivity contribution is 5.73. The highest BCUT2D eigenvalue weighted by atomic mass is 19.1. The van der Waals surface area contributed by atoms with Crippen molar-refractivity contribution in [1.82, 2.24) is 9.80 Å². The van der Waals surface area contributed by atoms with Gasteiger partial charge in [-0.1, -0.05) is 18.2 Å². The van der Waals surface area contributed by atoms with Crippen LogP contribution in [0.4, 0.5) is 4.39 Å². The third-order valence-electron chi connectivity index (χ3n) is 4.40. The number of carbonyl (C=O) groups is 1. The van der Waals surface area contributed by atoms with E-state index in [-0.39, 0.29) is 17.8 Å². The summed E-state index contributed by atoms with van der Waals surface area (Å²) in [5.41, 5.74) is 0.720. The van der Waals surface area contributed by atoms with Crippen molar-refractivity contribution in [2.24, 2.45) is 5.92 Å². The van der Waals surface area contributed by atoms with Crippen LogP contribution in [0.25, 0.3) is 0 Å². The Bertz CT molecular complexity index is 523. The Labute approximate surface area is 124 Å². The number of fused-ring (bicyclic) bond motifs is 1. The van der Waals surface area contributed by atoms with Crippen LogP contribution in [-0.2, 0) is 16.1 Å². The lowest BCUT2D eigenvalue weighted by atomic mass is 10.1. The number of amides is 1. The lowest BCUT2D eigenvalue weighted by molar-refractivity contribution is -0.129. The van der Waals surface area contributed by atoms with Crippen LogP contribution in [0.15, 0.2) is 24.3 Å². The molecule has 0 aliphatic carbocycles. The normalized spacial score (nSPS) is 26.5. The average molecular weight is 292 g/mol. The summed E-state index contributed by atoms with van der Waals surface area (Å²) >= 11 is 0. The minimum atomic E-state index is -0.157. The second-order valence-electron chi connectivity index (χ2n) is 5.92. The zero-order valence-corrected chi connectivity index (χ0v) is 12.3. The molecule has 0 unspecified atom stereocenters. The summed E-state index contributed by atoms with van der Waals surface area (Å²) in [7, 11) is 0. The zero-order chi connectivity index (χ0) is 14.8. The maximum atomic E-state index is 13.7. The summed E-state index contributed by atoms with van der Waals surface area (Å²) in [6, 6.07) is 6.89. The summed E-state index contributed by atoms with van der Waals surface area (Å²) in [4.78, 5) is 15.6. The zero-order valence-electron chi connectivity index (χ0n) is 12.3. The number of rotatable bonds is 2. The molecule has 2 atom stereocenters. The lowest BCUT2D eigenvalue weighted by Gasteiger charge is -2.22. The van der Waals surface area contributed by atoms with Gasteiger partial charge in [-0.2, -0.15) is 0 Å². The predicted molar refractivity (Wildman–Crippen MR) is 77.2 cm³/mol. The molecule has 0 bridgehead atoms. The largest absolute Gasteiger partial charge is 0.375 e. The number of carbonyl (C=O) groups excluding carboxylic acids is 1. The first kappa shape index (κ1) is 14.5. The molecule has 0 saturated carbocycles. The molecule has 1 aromatic carbocycles. The number of ether oxygens (including phenoxy) is 1. The van der Waals surface area contributed by atoms with E-state index in [1.807, 2.05) is 17.0 Å². The second kappa shape index (κ2) is 6.12.